The number of halogens is 1. The van der Waals surface area contributed by atoms with E-state index in [2.05, 4.69) is 0 Å². The minimum atomic E-state index is -0.777. The Morgan fingerprint density at radius 3 is 2.48 bits per heavy atom. The van der Waals surface area contributed by atoms with Crippen molar-refractivity contribution in [2.75, 3.05) is 0 Å². The molecule has 1 aliphatic heterocycles. The number of hydrogen-bond acceptors (Lipinski definition) is 3. The molecular formula is C22H16ClNO3. The highest BCUT2D eigenvalue weighted by molar-refractivity contribution is 6.30. The minimum Gasteiger partial charge on any atom is -0.433 e. The molecule has 1 amide bonds. The Kier molecular flexibility index (Phi) is 4.65. The van der Waals surface area contributed by atoms with Crippen LogP contribution in [0.15, 0.2) is 78.9 Å². The molecule has 4 nitrogen and oxygen atoms in total. The molecule has 134 valence electrons. The Bertz CT molecular complexity index is 1000. The molecule has 0 bridgehead atoms. The van der Waals surface area contributed by atoms with Gasteiger partial charge in [-0.2, -0.15) is 0 Å². The summed E-state index contributed by atoms with van der Waals surface area (Å²) in [7, 11) is 0. The van der Waals surface area contributed by atoms with E-state index in [0.717, 1.165) is 5.56 Å². The van der Waals surface area contributed by atoms with Crippen molar-refractivity contribution in [2.45, 2.75) is 12.8 Å². The van der Waals surface area contributed by atoms with Gasteiger partial charge in [-0.3, -0.25) is 9.69 Å². The third kappa shape index (κ3) is 3.44. The van der Waals surface area contributed by atoms with Crippen LogP contribution in [-0.2, 0) is 11.3 Å². The second-order valence-electron chi connectivity index (χ2n) is 6.27. The highest BCUT2D eigenvalue weighted by Gasteiger charge is 2.39. The Morgan fingerprint density at radius 1 is 0.963 bits per heavy atom. The molecule has 0 aliphatic carbocycles. The fraction of sp³-hybridized carbons (Fsp3) is 0.0909. The number of rotatable bonds is 4. The molecule has 3 aromatic carbocycles. The summed E-state index contributed by atoms with van der Waals surface area (Å²) in [6.45, 7) is 0.349. The first-order valence-electron chi connectivity index (χ1n) is 8.54. The second-order valence-corrected chi connectivity index (χ2v) is 6.71. The summed E-state index contributed by atoms with van der Waals surface area (Å²) >= 11 is 5.97. The molecule has 27 heavy (non-hydrogen) atoms. The standard InChI is InChI=1S/C22H16ClNO3/c23-17-10-6-9-16(13-17)22(26)27-21-19-12-5-4-11-18(19)20(25)24(21)14-15-7-2-1-3-8-15/h1-13,21H,14H2. The lowest BCUT2D eigenvalue weighted by Crippen LogP contribution is -2.30. The van der Waals surface area contributed by atoms with Crippen LogP contribution in [0.5, 0.6) is 0 Å². The summed E-state index contributed by atoms with van der Waals surface area (Å²) in [6.07, 6.45) is -0.777. The van der Waals surface area contributed by atoms with Crippen LogP contribution in [-0.4, -0.2) is 16.8 Å². The van der Waals surface area contributed by atoms with E-state index in [0.29, 0.717) is 28.3 Å². The molecular weight excluding hydrogens is 362 g/mol. The first-order chi connectivity index (χ1) is 13.1. The number of ether oxygens (including phenoxy) is 1. The van der Waals surface area contributed by atoms with E-state index in [1.807, 2.05) is 42.5 Å². The lowest BCUT2D eigenvalue weighted by Gasteiger charge is -2.25. The van der Waals surface area contributed by atoms with Crippen LogP contribution in [0, 0.1) is 0 Å². The smallest absolute Gasteiger partial charge is 0.340 e. The average Bonchev–Trinajstić information content (AvgIpc) is 2.95. The van der Waals surface area contributed by atoms with Gasteiger partial charge in [-0.05, 0) is 29.8 Å². The van der Waals surface area contributed by atoms with Crippen LogP contribution in [0.2, 0.25) is 5.02 Å². The van der Waals surface area contributed by atoms with Crippen LogP contribution < -0.4 is 0 Å². The largest absolute Gasteiger partial charge is 0.433 e. The number of nitrogens with zero attached hydrogens (tertiary/aromatic N) is 1. The van der Waals surface area contributed by atoms with Gasteiger partial charge < -0.3 is 4.74 Å². The van der Waals surface area contributed by atoms with Gasteiger partial charge in [0.1, 0.15) is 0 Å². The third-order valence-corrected chi connectivity index (χ3v) is 4.71. The molecule has 0 aromatic heterocycles. The molecule has 0 radical (unpaired) electrons. The van der Waals surface area contributed by atoms with Crippen LogP contribution in [0.25, 0.3) is 0 Å². The predicted octanol–water partition coefficient (Wildman–Crippen LogP) is 4.85. The number of carbonyl (C=O) groups excluding carboxylic acids is 2. The lowest BCUT2D eigenvalue weighted by molar-refractivity contribution is -0.0211. The van der Waals surface area contributed by atoms with Gasteiger partial charge >= 0.3 is 5.97 Å². The highest BCUT2D eigenvalue weighted by atomic mass is 35.5. The van der Waals surface area contributed by atoms with E-state index in [9.17, 15) is 9.59 Å². The van der Waals surface area contributed by atoms with Gasteiger partial charge in [-0.25, -0.2) is 4.79 Å². The van der Waals surface area contributed by atoms with Crippen molar-refractivity contribution in [1.29, 1.82) is 0 Å². The van der Waals surface area contributed by atoms with E-state index in [1.54, 1.807) is 41.3 Å². The van der Waals surface area contributed by atoms with Gasteiger partial charge in [0.15, 0.2) is 0 Å². The molecule has 0 saturated heterocycles. The SMILES string of the molecule is O=C(OC1c2ccccc2C(=O)N1Cc1ccccc1)c1cccc(Cl)c1. The topological polar surface area (TPSA) is 46.6 Å². The number of amides is 1. The maximum Gasteiger partial charge on any atom is 0.340 e. The molecule has 1 unspecified atom stereocenters. The molecule has 1 aliphatic rings. The number of esters is 1. The van der Waals surface area contributed by atoms with Gasteiger partial charge in [0.25, 0.3) is 5.91 Å². The van der Waals surface area contributed by atoms with Crippen LogP contribution in [0.1, 0.15) is 38.1 Å². The first-order valence-corrected chi connectivity index (χ1v) is 8.91. The fourth-order valence-corrected chi connectivity index (χ4v) is 3.37. The molecule has 4 rings (SSSR count). The number of carbonyl (C=O) groups is 2. The maximum atomic E-state index is 12.9. The summed E-state index contributed by atoms with van der Waals surface area (Å²) in [6, 6.07) is 23.4. The van der Waals surface area contributed by atoms with Gasteiger partial charge in [0.05, 0.1) is 5.56 Å². The first kappa shape index (κ1) is 17.3. The van der Waals surface area contributed by atoms with Gasteiger partial charge in [-0.15, -0.1) is 0 Å². The molecule has 1 atom stereocenters. The Hall–Kier alpha value is -3.11. The van der Waals surface area contributed by atoms with E-state index in [4.69, 9.17) is 16.3 Å². The molecule has 0 saturated carbocycles. The Balaban J connectivity index is 1.66. The van der Waals surface area contributed by atoms with Gasteiger partial charge in [0.2, 0.25) is 6.23 Å². The zero-order chi connectivity index (χ0) is 18.8. The summed E-state index contributed by atoms with van der Waals surface area (Å²) in [5.41, 5.74) is 2.55. The molecule has 0 spiro atoms. The number of hydrogen-bond donors (Lipinski definition) is 0. The Labute approximate surface area is 161 Å². The van der Waals surface area contributed by atoms with Crippen molar-refractivity contribution in [1.82, 2.24) is 4.90 Å². The van der Waals surface area contributed by atoms with Crippen molar-refractivity contribution in [3.05, 3.63) is 106 Å². The molecule has 0 fully saturated rings. The highest BCUT2D eigenvalue weighted by Crippen LogP contribution is 2.36. The molecule has 0 N–H and O–H groups in total. The van der Waals surface area contributed by atoms with Crippen molar-refractivity contribution in [2.24, 2.45) is 0 Å². The second kappa shape index (κ2) is 7.25. The fourth-order valence-electron chi connectivity index (χ4n) is 3.18. The zero-order valence-electron chi connectivity index (χ0n) is 14.3. The predicted molar refractivity (Wildman–Crippen MR) is 102 cm³/mol. The summed E-state index contributed by atoms with van der Waals surface area (Å²) in [4.78, 5) is 27.1. The monoisotopic (exact) mass is 377 g/mol. The maximum absolute atomic E-state index is 12.9. The third-order valence-electron chi connectivity index (χ3n) is 4.48. The van der Waals surface area contributed by atoms with Crippen LogP contribution >= 0.6 is 11.6 Å². The van der Waals surface area contributed by atoms with Crippen molar-refractivity contribution in [3.63, 3.8) is 0 Å². The molecule has 1 heterocycles. The summed E-state index contributed by atoms with van der Waals surface area (Å²) in [5, 5.41) is 0.452. The van der Waals surface area contributed by atoms with Crippen molar-refractivity contribution >= 4 is 23.5 Å². The van der Waals surface area contributed by atoms with Gasteiger partial charge in [0, 0.05) is 22.7 Å². The van der Waals surface area contributed by atoms with Crippen molar-refractivity contribution < 1.29 is 14.3 Å². The average molecular weight is 378 g/mol. The van der Waals surface area contributed by atoms with E-state index in [1.165, 1.54) is 0 Å². The van der Waals surface area contributed by atoms with E-state index >= 15 is 0 Å². The Morgan fingerprint density at radius 2 is 1.70 bits per heavy atom. The van der Waals surface area contributed by atoms with Crippen molar-refractivity contribution in [3.8, 4) is 0 Å². The summed E-state index contributed by atoms with van der Waals surface area (Å²) in [5.74, 6) is -0.677. The quantitative estimate of drug-likeness (QED) is 0.610. The van der Waals surface area contributed by atoms with E-state index < -0.39 is 12.2 Å². The van der Waals surface area contributed by atoms with Gasteiger partial charge in [-0.1, -0.05) is 66.2 Å². The lowest BCUT2D eigenvalue weighted by atomic mass is 10.1. The zero-order valence-corrected chi connectivity index (χ0v) is 15.1. The number of fused-ring (bicyclic) bond motifs is 1. The number of benzene rings is 3. The van der Waals surface area contributed by atoms with Crippen LogP contribution in [0.3, 0.4) is 0 Å². The minimum absolute atomic E-state index is 0.154. The normalized spacial score (nSPS) is 15.5. The van der Waals surface area contributed by atoms with E-state index in [-0.39, 0.29) is 5.91 Å². The molecule has 5 heteroatoms. The van der Waals surface area contributed by atoms with Crippen LogP contribution in [0.4, 0.5) is 0 Å². The summed E-state index contributed by atoms with van der Waals surface area (Å²) < 4.78 is 5.74. The molecule has 3 aromatic rings.